The largest absolute Gasteiger partial charge is 0.324 e. The van der Waals surface area contributed by atoms with E-state index in [0.29, 0.717) is 0 Å². The Labute approximate surface area is 89.9 Å². The molecule has 14 heavy (non-hydrogen) atoms. The maximum Gasteiger partial charge on any atom is 0.181 e. The van der Waals surface area contributed by atoms with Gasteiger partial charge in [-0.15, -0.1) is 0 Å². The van der Waals surface area contributed by atoms with Crippen LogP contribution in [0.15, 0.2) is 58.1 Å². The first-order chi connectivity index (χ1) is 6.75. The minimum Gasteiger partial charge on any atom is -0.324 e. The topological polar surface area (TPSA) is 22.0 Å². The molecular weight excluding hydrogens is 242 g/mol. The molecule has 0 aliphatic carbocycles. The molecule has 0 aliphatic rings. The monoisotopic (exact) mass is 249 g/mol. The summed E-state index contributed by atoms with van der Waals surface area (Å²) in [5.74, 6) is 0. The number of pyridine rings is 1. The summed E-state index contributed by atoms with van der Waals surface area (Å²) in [6, 6.07) is 11.0. The predicted molar refractivity (Wildman–Crippen MR) is 59.7 cm³/mol. The molecule has 1 heterocycles. The first-order valence-electron chi connectivity index (χ1n) is 4.20. The van der Waals surface area contributed by atoms with E-state index in [-0.39, 0.29) is 5.43 Å². The second-order valence-corrected chi connectivity index (χ2v) is 3.83. The molecule has 2 nitrogen and oxygen atoms in total. The maximum atomic E-state index is 10.9. The molecule has 0 bridgehead atoms. The van der Waals surface area contributed by atoms with Gasteiger partial charge in [0.2, 0.25) is 0 Å². The number of hydrogen-bond acceptors (Lipinski definition) is 1. The van der Waals surface area contributed by atoms with Gasteiger partial charge in [-0.1, -0.05) is 15.9 Å². The van der Waals surface area contributed by atoms with E-state index >= 15 is 0 Å². The normalized spacial score (nSPS) is 10.1. The van der Waals surface area contributed by atoms with Gasteiger partial charge < -0.3 is 4.57 Å². The summed E-state index contributed by atoms with van der Waals surface area (Å²) in [7, 11) is 0. The van der Waals surface area contributed by atoms with Crippen LogP contribution in [0.2, 0.25) is 0 Å². The van der Waals surface area contributed by atoms with Crippen molar-refractivity contribution in [2.75, 3.05) is 0 Å². The Morgan fingerprint density at radius 1 is 0.929 bits per heavy atom. The summed E-state index contributed by atoms with van der Waals surface area (Å²) >= 11 is 3.37. The van der Waals surface area contributed by atoms with Gasteiger partial charge in [0, 0.05) is 34.7 Å². The Kier molecular flexibility index (Phi) is 2.50. The fraction of sp³-hybridized carbons (Fsp3) is 0. The highest BCUT2D eigenvalue weighted by atomic mass is 79.9. The molecule has 0 N–H and O–H groups in total. The number of halogens is 1. The molecule has 0 saturated heterocycles. The maximum absolute atomic E-state index is 10.9. The standard InChI is InChI=1S/C11H8BrNO/c12-9-1-3-10(4-2-9)13-7-5-11(14)6-8-13/h1-8H. The van der Waals surface area contributed by atoms with Crippen molar-refractivity contribution in [1.29, 1.82) is 0 Å². The molecule has 1 aromatic heterocycles. The lowest BCUT2D eigenvalue weighted by molar-refractivity contribution is 1.04. The Hall–Kier alpha value is -1.35. The minimum atomic E-state index is 0.0263. The fourth-order valence-corrected chi connectivity index (χ4v) is 1.46. The quantitative estimate of drug-likeness (QED) is 0.762. The van der Waals surface area contributed by atoms with Crippen LogP contribution in [0, 0.1) is 0 Å². The van der Waals surface area contributed by atoms with E-state index in [2.05, 4.69) is 15.9 Å². The van der Waals surface area contributed by atoms with E-state index in [9.17, 15) is 4.79 Å². The Morgan fingerprint density at radius 3 is 2.07 bits per heavy atom. The third kappa shape index (κ3) is 1.93. The van der Waals surface area contributed by atoms with E-state index in [1.807, 2.05) is 28.8 Å². The van der Waals surface area contributed by atoms with Gasteiger partial charge in [0.25, 0.3) is 0 Å². The van der Waals surface area contributed by atoms with E-state index < -0.39 is 0 Å². The van der Waals surface area contributed by atoms with Gasteiger partial charge >= 0.3 is 0 Å². The van der Waals surface area contributed by atoms with E-state index in [4.69, 9.17) is 0 Å². The minimum absolute atomic E-state index is 0.0263. The summed E-state index contributed by atoms with van der Waals surface area (Å²) in [5, 5.41) is 0. The number of nitrogens with zero attached hydrogens (tertiary/aromatic N) is 1. The van der Waals surface area contributed by atoms with Crippen LogP contribution in [0.4, 0.5) is 0 Å². The first-order valence-corrected chi connectivity index (χ1v) is 4.99. The van der Waals surface area contributed by atoms with Gasteiger partial charge in [0.1, 0.15) is 0 Å². The SMILES string of the molecule is O=c1ccn(-c2ccc(Br)cc2)cc1. The Morgan fingerprint density at radius 2 is 1.50 bits per heavy atom. The number of benzene rings is 1. The summed E-state index contributed by atoms with van der Waals surface area (Å²) in [5.41, 5.74) is 1.06. The van der Waals surface area contributed by atoms with Gasteiger partial charge in [-0.2, -0.15) is 0 Å². The van der Waals surface area contributed by atoms with Crippen LogP contribution in [0.1, 0.15) is 0 Å². The van der Waals surface area contributed by atoms with Crippen molar-refractivity contribution in [3.8, 4) is 5.69 Å². The van der Waals surface area contributed by atoms with Crippen LogP contribution >= 0.6 is 15.9 Å². The molecule has 0 spiro atoms. The van der Waals surface area contributed by atoms with Crippen molar-refractivity contribution < 1.29 is 0 Å². The number of rotatable bonds is 1. The van der Waals surface area contributed by atoms with Gasteiger partial charge in [0.15, 0.2) is 5.43 Å². The van der Waals surface area contributed by atoms with Crippen LogP contribution in [0.25, 0.3) is 5.69 Å². The zero-order valence-corrected chi connectivity index (χ0v) is 8.94. The molecular formula is C11H8BrNO. The molecule has 2 rings (SSSR count). The molecule has 0 fully saturated rings. The van der Waals surface area contributed by atoms with Crippen molar-refractivity contribution in [3.05, 3.63) is 63.5 Å². The van der Waals surface area contributed by atoms with Crippen LogP contribution < -0.4 is 5.43 Å². The van der Waals surface area contributed by atoms with Gasteiger partial charge in [-0.25, -0.2) is 0 Å². The second kappa shape index (κ2) is 3.80. The molecule has 0 aliphatic heterocycles. The van der Waals surface area contributed by atoms with Crippen molar-refractivity contribution >= 4 is 15.9 Å². The fourth-order valence-electron chi connectivity index (χ4n) is 1.20. The molecule has 1 aromatic carbocycles. The highest BCUT2D eigenvalue weighted by Gasteiger charge is 1.93. The zero-order chi connectivity index (χ0) is 9.97. The molecule has 0 atom stereocenters. The number of hydrogen-bond donors (Lipinski definition) is 0. The Bertz CT molecular complexity index is 467. The molecule has 3 heteroatoms. The highest BCUT2D eigenvalue weighted by molar-refractivity contribution is 9.10. The summed E-state index contributed by atoms with van der Waals surface area (Å²) < 4.78 is 2.94. The lowest BCUT2D eigenvalue weighted by Crippen LogP contribution is -2.01. The molecule has 0 radical (unpaired) electrons. The van der Waals surface area contributed by atoms with Crippen LogP contribution in [0.5, 0.6) is 0 Å². The predicted octanol–water partition coefficient (Wildman–Crippen LogP) is 2.60. The lowest BCUT2D eigenvalue weighted by atomic mass is 10.3. The van der Waals surface area contributed by atoms with Crippen molar-refractivity contribution in [3.63, 3.8) is 0 Å². The Balaban J connectivity index is 2.44. The van der Waals surface area contributed by atoms with E-state index in [1.54, 1.807) is 24.5 Å². The first kappa shape index (κ1) is 9.21. The summed E-state index contributed by atoms with van der Waals surface area (Å²) in [4.78, 5) is 10.9. The molecule has 0 saturated carbocycles. The summed E-state index contributed by atoms with van der Waals surface area (Å²) in [6.07, 6.45) is 3.51. The molecule has 0 amide bonds. The van der Waals surface area contributed by atoms with Crippen molar-refractivity contribution in [2.24, 2.45) is 0 Å². The average molecular weight is 250 g/mol. The van der Waals surface area contributed by atoms with Crippen LogP contribution in [-0.2, 0) is 0 Å². The molecule has 0 unspecified atom stereocenters. The third-order valence-corrected chi connectivity index (χ3v) is 2.45. The van der Waals surface area contributed by atoms with Crippen LogP contribution in [-0.4, -0.2) is 4.57 Å². The van der Waals surface area contributed by atoms with Gasteiger partial charge in [0.05, 0.1) is 0 Å². The highest BCUT2D eigenvalue weighted by Crippen LogP contribution is 2.12. The summed E-state index contributed by atoms with van der Waals surface area (Å²) in [6.45, 7) is 0. The van der Waals surface area contributed by atoms with Gasteiger partial charge in [-0.3, -0.25) is 4.79 Å². The second-order valence-electron chi connectivity index (χ2n) is 2.92. The van der Waals surface area contributed by atoms with Gasteiger partial charge in [-0.05, 0) is 24.3 Å². The van der Waals surface area contributed by atoms with E-state index in [1.165, 1.54) is 0 Å². The van der Waals surface area contributed by atoms with Crippen LogP contribution in [0.3, 0.4) is 0 Å². The van der Waals surface area contributed by atoms with Crippen molar-refractivity contribution in [1.82, 2.24) is 4.57 Å². The molecule has 2 aromatic rings. The lowest BCUT2D eigenvalue weighted by Gasteiger charge is -2.04. The van der Waals surface area contributed by atoms with E-state index in [0.717, 1.165) is 10.2 Å². The smallest absolute Gasteiger partial charge is 0.181 e. The van der Waals surface area contributed by atoms with Crippen molar-refractivity contribution in [2.45, 2.75) is 0 Å². The average Bonchev–Trinajstić information content (AvgIpc) is 2.21. The zero-order valence-electron chi connectivity index (χ0n) is 7.35. The molecule has 70 valence electrons. The third-order valence-electron chi connectivity index (χ3n) is 1.92. The number of aromatic nitrogens is 1.